The summed E-state index contributed by atoms with van der Waals surface area (Å²) in [5.74, 6) is -0.0423. The molecule has 0 bridgehead atoms. The Bertz CT molecular complexity index is 1540. The lowest BCUT2D eigenvalue weighted by Crippen LogP contribution is -2.29. The molecule has 0 saturated carbocycles. The zero-order chi connectivity index (χ0) is 27.8. The monoisotopic (exact) mass is 559 g/mol. The fourth-order valence-electron chi connectivity index (χ4n) is 5.07. The first-order valence-electron chi connectivity index (χ1n) is 12.7. The number of aryl methyl sites for hydroxylation is 1. The van der Waals surface area contributed by atoms with E-state index in [1.807, 2.05) is 62.4 Å². The number of carbonyl (C=O) groups is 1. The Labute approximate surface area is 238 Å². The SMILES string of the molecule is Cc1cc(C2C(c3ccccn3)NC(=S)N2c2ccc(NC(=O)C(C)C)c(Cl)c2)c(C)n1-c1ccc(O)cc1. The number of carbonyl (C=O) groups excluding carboxylic acids is 1. The lowest BCUT2D eigenvalue weighted by molar-refractivity contribution is -0.118. The van der Waals surface area contributed by atoms with E-state index in [0.29, 0.717) is 15.8 Å². The van der Waals surface area contributed by atoms with E-state index in [0.717, 1.165) is 34.0 Å². The maximum absolute atomic E-state index is 12.3. The second-order valence-corrected chi connectivity index (χ2v) is 10.8. The average molecular weight is 560 g/mol. The van der Waals surface area contributed by atoms with E-state index in [2.05, 4.69) is 45.0 Å². The number of pyridine rings is 1. The molecule has 0 radical (unpaired) electrons. The van der Waals surface area contributed by atoms with Gasteiger partial charge in [-0.15, -0.1) is 0 Å². The van der Waals surface area contributed by atoms with Crippen LogP contribution in [-0.4, -0.2) is 25.7 Å². The molecule has 0 aliphatic carbocycles. The van der Waals surface area contributed by atoms with Crippen LogP contribution in [0.2, 0.25) is 5.02 Å². The smallest absolute Gasteiger partial charge is 0.226 e. The van der Waals surface area contributed by atoms with Crippen molar-refractivity contribution in [3.8, 4) is 11.4 Å². The second kappa shape index (κ2) is 10.7. The number of aromatic nitrogens is 2. The van der Waals surface area contributed by atoms with Gasteiger partial charge in [-0.1, -0.05) is 31.5 Å². The highest BCUT2D eigenvalue weighted by molar-refractivity contribution is 7.80. The van der Waals surface area contributed by atoms with Crippen LogP contribution in [0.5, 0.6) is 5.75 Å². The number of phenolic OH excluding ortho intramolecular Hbond substituents is 1. The number of hydrogen-bond acceptors (Lipinski definition) is 4. The van der Waals surface area contributed by atoms with Crippen molar-refractivity contribution < 1.29 is 9.90 Å². The van der Waals surface area contributed by atoms with Crippen LogP contribution in [0, 0.1) is 19.8 Å². The third kappa shape index (κ3) is 5.10. The molecular weight excluding hydrogens is 530 g/mol. The van der Waals surface area contributed by atoms with Gasteiger partial charge in [-0.05, 0) is 92.3 Å². The van der Waals surface area contributed by atoms with Crippen molar-refractivity contribution in [2.75, 3.05) is 10.2 Å². The molecule has 4 aromatic rings. The van der Waals surface area contributed by atoms with Gasteiger partial charge in [-0.25, -0.2) is 0 Å². The lowest BCUT2D eigenvalue weighted by Gasteiger charge is -2.28. The van der Waals surface area contributed by atoms with E-state index in [1.165, 1.54) is 0 Å². The highest BCUT2D eigenvalue weighted by atomic mass is 35.5. The first-order valence-corrected chi connectivity index (χ1v) is 13.5. The summed E-state index contributed by atoms with van der Waals surface area (Å²) in [6.07, 6.45) is 1.78. The van der Waals surface area contributed by atoms with E-state index in [1.54, 1.807) is 18.3 Å². The number of nitrogens with one attached hydrogen (secondary N) is 2. The van der Waals surface area contributed by atoms with Crippen LogP contribution in [0.3, 0.4) is 0 Å². The Morgan fingerprint density at radius 3 is 2.44 bits per heavy atom. The Kier molecular flexibility index (Phi) is 7.34. The van der Waals surface area contributed by atoms with Crippen LogP contribution in [0.25, 0.3) is 5.69 Å². The number of hydrogen-bond donors (Lipinski definition) is 3. The molecule has 1 fully saturated rings. The fourth-order valence-corrected chi connectivity index (χ4v) is 5.64. The zero-order valence-electron chi connectivity index (χ0n) is 22.1. The number of amides is 1. The van der Waals surface area contributed by atoms with Crippen molar-refractivity contribution in [2.45, 2.75) is 39.8 Å². The molecule has 7 nitrogen and oxygen atoms in total. The maximum atomic E-state index is 12.3. The molecule has 0 spiro atoms. The molecule has 5 rings (SSSR count). The van der Waals surface area contributed by atoms with Gasteiger partial charge in [0.2, 0.25) is 5.91 Å². The summed E-state index contributed by atoms with van der Waals surface area (Å²) in [4.78, 5) is 19.0. The third-order valence-corrected chi connectivity index (χ3v) is 7.64. The van der Waals surface area contributed by atoms with Gasteiger partial charge in [0, 0.05) is 34.9 Å². The molecule has 3 heterocycles. The molecule has 3 N–H and O–H groups in total. The van der Waals surface area contributed by atoms with E-state index >= 15 is 0 Å². The van der Waals surface area contributed by atoms with Crippen molar-refractivity contribution in [1.82, 2.24) is 14.9 Å². The molecule has 200 valence electrons. The number of thiocarbonyl (C=S) groups is 1. The highest BCUT2D eigenvalue weighted by Crippen LogP contribution is 2.44. The predicted molar refractivity (Wildman–Crippen MR) is 160 cm³/mol. The van der Waals surface area contributed by atoms with Gasteiger partial charge in [-0.2, -0.15) is 0 Å². The molecule has 9 heteroatoms. The average Bonchev–Trinajstić information content (AvgIpc) is 3.41. The van der Waals surface area contributed by atoms with Gasteiger partial charge in [0.05, 0.1) is 28.5 Å². The molecule has 2 aromatic carbocycles. The summed E-state index contributed by atoms with van der Waals surface area (Å²) >= 11 is 12.6. The number of rotatable bonds is 6. The molecule has 2 atom stereocenters. The molecular formula is C30H30ClN5O2S. The number of phenols is 1. The van der Waals surface area contributed by atoms with Gasteiger partial charge in [0.1, 0.15) is 5.75 Å². The van der Waals surface area contributed by atoms with Gasteiger partial charge < -0.3 is 25.2 Å². The largest absolute Gasteiger partial charge is 0.508 e. The standard InChI is InChI=1S/C30H30ClN5O2S/c1-17(2)29(38)33-25-13-10-21(16-24(25)31)36-28(27(34-30(36)39)26-7-5-6-14-32-26)23-15-18(3)35(19(23)4)20-8-11-22(37)12-9-20/h5-17,27-28,37H,1-4H3,(H,33,38)(H,34,39). The normalized spacial score (nSPS) is 17.0. The van der Waals surface area contributed by atoms with Crippen LogP contribution < -0.4 is 15.5 Å². The number of aromatic hydroxyl groups is 1. The van der Waals surface area contributed by atoms with Crippen molar-refractivity contribution in [3.63, 3.8) is 0 Å². The first-order chi connectivity index (χ1) is 18.7. The third-order valence-electron chi connectivity index (χ3n) is 7.01. The molecule has 1 aliphatic heterocycles. The second-order valence-electron chi connectivity index (χ2n) is 9.98. The topological polar surface area (TPSA) is 82.4 Å². The van der Waals surface area contributed by atoms with Gasteiger partial charge in [0.15, 0.2) is 5.11 Å². The summed E-state index contributed by atoms with van der Waals surface area (Å²) < 4.78 is 2.17. The highest BCUT2D eigenvalue weighted by Gasteiger charge is 2.42. The minimum absolute atomic E-state index is 0.0993. The van der Waals surface area contributed by atoms with Crippen LogP contribution in [0.15, 0.2) is 72.9 Å². The van der Waals surface area contributed by atoms with Crippen LogP contribution in [-0.2, 0) is 4.79 Å². The summed E-state index contributed by atoms with van der Waals surface area (Å²) in [6, 6.07) is 20.3. The molecule has 39 heavy (non-hydrogen) atoms. The van der Waals surface area contributed by atoms with Crippen molar-refractivity contribution in [3.05, 3.63) is 101 Å². The van der Waals surface area contributed by atoms with Crippen LogP contribution in [0.1, 0.15) is 48.6 Å². The fraction of sp³-hybridized carbons (Fsp3) is 0.233. The number of halogens is 1. The lowest BCUT2D eigenvalue weighted by atomic mass is 9.96. The molecule has 2 unspecified atom stereocenters. The number of anilines is 2. The van der Waals surface area contributed by atoms with Crippen LogP contribution in [0.4, 0.5) is 11.4 Å². The summed E-state index contributed by atoms with van der Waals surface area (Å²) in [7, 11) is 0. The Morgan fingerprint density at radius 2 is 1.79 bits per heavy atom. The Balaban J connectivity index is 1.61. The summed E-state index contributed by atoms with van der Waals surface area (Å²) in [6.45, 7) is 7.82. The van der Waals surface area contributed by atoms with Crippen molar-refractivity contribution in [1.29, 1.82) is 0 Å². The van der Waals surface area contributed by atoms with Gasteiger partial charge in [0.25, 0.3) is 0 Å². The minimum atomic E-state index is -0.225. The summed E-state index contributed by atoms with van der Waals surface area (Å²) in [5, 5.41) is 17.2. The van der Waals surface area contributed by atoms with Gasteiger partial charge in [-0.3, -0.25) is 9.78 Å². The number of benzene rings is 2. The predicted octanol–water partition coefficient (Wildman–Crippen LogP) is 6.62. The maximum Gasteiger partial charge on any atom is 0.226 e. The first kappa shape index (κ1) is 26.7. The number of nitrogens with zero attached hydrogens (tertiary/aromatic N) is 3. The molecule has 1 amide bonds. The van der Waals surface area contributed by atoms with E-state index in [9.17, 15) is 9.90 Å². The van der Waals surface area contributed by atoms with Crippen LogP contribution >= 0.6 is 23.8 Å². The van der Waals surface area contributed by atoms with E-state index < -0.39 is 0 Å². The van der Waals surface area contributed by atoms with Crippen molar-refractivity contribution in [2.24, 2.45) is 5.92 Å². The molecule has 1 saturated heterocycles. The van der Waals surface area contributed by atoms with Crippen molar-refractivity contribution >= 4 is 46.2 Å². The van der Waals surface area contributed by atoms with E-state index in [4.69, 9.17) is 23.8 Å². The van der Waals surface area contributed by atoms with Gasteiger partial charge >= 0.3 is 0 Å². The Morgan fingerprint density at radius 1 is 1.08 bits per heavy atom. The zero-order valence-corrected chi connectivity index (χ0v) is 23.7. The molecule has 2 aromatic heterocycles. The minimum Gasteiger partial charge on any atom is -0.508 e. The molecule has 1 aliphatic rings. The Hall–Kier alpha value is -3.88. The quantitative estimate of drug-likeness (QED) is 0.230. The summed E-state index contributed by atoms with van der Waals surface area (Å²) in [5.41, 5.74) is 6.36. The van der Waals surface area contributed by atoms with E-state index in [-0.39, 0.29) is 29.7 Å².